The van der Waals surface area contributed by atoms with E-state index in [2.05, 4.69) is 36.6 Å². The van der Waals surface area contributed by atoms with Crippen LogP contribution in [0.25, 0.3) is 0 Å². The molecule has 0 saturated heterocycles. The summed E-state index contributed by atoms with van der Waals surface area (Å²) in [5, 5.41) is 6.74. The maximum atomic E-state index is 5.59. The lowest BCUT2D eigenvalue weighted by Gasteiger charge is -2.09. The number of ether oxygens (including phenoxy) is 1. The molecule has 1 aromatic rings. The Labute approximate surface area is 105 Å². The van der Waals surface area contributed by atoms with Gasteiger partial charge < -0.3 is 15.4 Å². The molecule has 1 rings (SSSR count). The van der Waals surface area contributed by atoms with E-state index in [1.807, 2.05) is 12.1 Å². The molecule has 0 heterocycles. The molecule has 3 heteroatoms. The average molecular weight is 236 g/mol. The van der Waals surface area contributed by atoms with Gasteiger partial charge in [-0.05, 0) is 31.5 Å². The summed E-state index contributed by atoms with van der Waals surface area (Å²) in [7, 11) is 0. The molecule has 0 spiro atoms. The molecular weight excluding hydrogens is 212 g/mol. The van der Waals surface area contributed by atoms with Crippen LogP contribution < -0.4 is 15.4 Å². The molecule has 96 valence electrons. The van der Waals surface area contributed by atoms with Crippen LogP contribution in [0.1, 0.15) is 26.7 Å². The highest BCUT2D eigenvalue weighted by molar-refractivity contribution is 5.48. The van der Waals surface area contributed by atoms with Crippen molar-refractivity contribution in [2.75, 3.05) is 31.6 Å². The number of hydrogen-bond acceptors (Lipinski definition) is 3. The predicted octanol–water partition coefficient (Wildman–Crippen LogP) is 2.89. The number of hydrogen-bond donors (Lipinski definition) is 2. The quantitative estimate of drug-likeness (QED) is 0.647. The van der Waals surface area contributed by atoms with Crippen molar-refractivity contribution in [1.82, 2.24) is 5.32 Å². The van der Waals surface area contributed by atoms with E-state index >= 15 is 0 Å². The molecule has 0 radical (unpaired) electrons. The largest absolute Gasteiger partial charge is 0.494 e. The molecular formula is C14H24N2O. The molecule has 0 aromatic heterocycles. The van der Waals surface area contributed by atoms with Gasteiger partial charge in [0.05, 0.1) is 6.61 Å². The van der Waals surface area contributed by atoms with Crippen LogP contribution in [0.3, 0.4) is 0 Å². The smallest absolute Gasteiger partial charge is 0.121 e. The minimum atomic E-state index is 0.779. The van der Waals surface area contributed by atoms with Crippen LogP contribution in [0.15, 0.2) is 24.3 Å². The first kappa shape index (κ1) is 13.8. The summed E-state index contributed by atoms with van der Waals surface area (Å²) in [6, 6.07) is 8.14. The summed E-state index contributed by atoms with van der Waals surface area (Å²) in [6.45, 7) is 8.09. The molecule has 0 aliphatic rings. The van der Waals surface area contributed by atoms with Gasteiger partial charge in [-0.25, -0.2) is 0 Å². The Morgan fingerprint density at radius 1 is 1.06 bits per heavy atom. The summed E-state index contributed by atoms with van der Waals surface area (Å²) in [6.07, 6.45) is 2.22. The van der Waals surface area contributed by atoms with Crippen molar-refractivity contribution in [2.24, 2.45) is 0 Å². The standard InChI is InChI=1S/C14H24N2O/c1-3-8-15-9-10-16-13-6-5-7-14(12-13)17-11-4-2/h5-7,12,15-16H,3-4,8-11H2,1-2H3. The summed E-state index contributed by atoms with van der Waals surface area (Å²) >= 11 is 0. The van der Waals surface area contributed by atoms with Crippen LogP contribution >= 0.6 is 0 Å². The van der Waals surface area contributed by atoms with E-state index in [1.54, 1.807) is 0 Å². The third-order valence-electron chi connectivity index (χ3n) is 2.36. The van der Waals surface area contributed by atoms with Crippen LogP contribution in [0.2, 0.25) is 0 Å². The highest BCUT2D eigenvalue weighted by Gasteiger charge is 1.95. The summed E-state index contributed by atoms with van der Waals surface area (Å²) < 4.78 is 5.59. The van der Waals surface area contributed by atoms with Crippen LogP contribution in [0.4, 0.5) is 5.69 Å². The Kier molecular flexibility index (Phi) is 7.23. The van der Waals surface area contributed by atoms with E-state index in [0.29, 0.717) is 0 Å². The maximum Gasteiger partial charge on any atom is 0.121 e. The van der Waals surface area contributed by atoms with E-state index in [9.17, 15) is 0 Å². The Morgan fingerprint density at radius 2 is 1.94 bits per heavy atom. The van der Waals surface area contributed by atoms with Gasteiger partial charge in [-0.15, -0.1) is 0 Å². The van der Waals surface area contributed by atoms with Gasteiger partial charge in [0.15, 0.2) is 0 Å². The topological polar surface area (TPSA) is 33.3 Å². The molecule has 0 aliphatic carbocycles. The first-order valence-corrected chi connectivity index (χ1v) is 6.54. The molecule has 2 N–H and O–H groups in total. The summed E-state index contributed by atoms with van der Waals surface area (Å²) in [5.74, 6) is 0.943. The fraction of sp³-hybridized carbons (Fsp3) is 0.571. The zero-order chi connectivity index (χ0) is 12.3. The Balaban J connectivity index is 2.27. The van der Waals surface area contributed by atoms with Gasteiger partial charge in [-0.2, -0.15) is 0 Å². The van der Waals surface area contributed by atoms with Crippen LogP contribution in [-0.4, -0.2) is 26.2 Å². The van der Waals surface area contributed by atoms with E-state index < -0.39 is 0 Å². The van der Waals surface area contributed by atoms with Crippen molar-refractivity contribution in [2.45, 2.75) is 26.7 Å². The first-order chi connectivity index (χ1) is 8.36. The summed E-state index contributed by atoms with van der Waals surface area (Å²) in [4.78, 5) is 0. The van der Waals surface area contributed by atoms with Gasteiger partial charge in [0.2, 0.25) is 0 Å². The number of benzene rings is 1. The van der Waals surface area contributed by atoms with Gasteiger partial charge in [0, 0.05) is 24.8 Å². The second kappa shape index (κ2) is 8.88. The van der Waals surface area contributed by atoms with Crippen molar-refractivity contribution < 1.29 is 4.74 Å². The van der Waals surface area contributed by atoms with Crippen LogP contribution in [-0.2, 0) is 0 Å². The number of rotatable bonds is 9. The van der Waals surface area contributed by atoms with Crippen molar-refractivity contribution in [1.29, 1.82) is 0 Å². The Bertz CT molecular complexity index is 302. The van der Waals surface area contributed by atoms with E-state index in [0.717, 1.165) is 44.1 Å². The zero-order valence-corrected chi connectivity index (χ0v) is 11.0. The van der Waals surface area contributed by atoms with Gasteiger partial charge in [0.1, 0.15) is 5.75 Å². The molecule has 0 saturated carbocycles. The number of nitrogens with one attached hydrogen (secondary N) is 2. The SMILES string of the molecule is CCCNCCNc1cccc(OCCC)c1. The van der Waals surface area contributed by atoms with Crippen molar-refractivity contribution in [3.05, 3.63) is 24.3 Å². The molecule has 0 atom stereocenters. The predicted molar refractivity (Wildman–Crippen MR) is 73.9 cm³/mol. The van der Waals surface area contributed by atoms with Crippen LogP contribution in [0.5, 0.6) is 5.75 Å². The fourth-order valence-corrected chi connectivity index (χ4v) is 1.51. The van der Waals surface area contributed by atoms with Gasteiger partial charge >= 0.3 is 0 Å². The molecule has 0 unspecified atom stereocenters. The second-order valence-corrected chi connectivity index (χ2v) is 4.05. The van der Waals surface area contributed by atoms with Gasteiger partial charge in [-0.1, -0.05) is 19.9 Å². The van der Waals surface area contributed by atoms with E-state index in [4.69, 9.17) is 4.74 Å². The molecule has 3 nitrogen and oxygen atoms in total. The molecule has 0 fully saturated rings. The number of anilines is 1. The molecule has 0 bridgehead atoms. The lowest BCUT2D eigenvalue weighted by atomic mass is 10.3. The molecule has 0 amide bonds. The first-order valence-electron chi connectivity index (χ1n) is 6.54. The monoisotopic (exact) mass is 236 g/mol. The third kappa shape index (κ3) is 6.17. The van der Waals surface area contributed by atoms with Gasteiger partial charge in [0.25, 0.3) is 0 Å². The van der Waals surface area contributed by atoms with Crippen LogP contribution in [0, 0.1) is 0 Å². The highest BCUT2D eigenvalue weighted by atomic mass is 16.5. The van der Waals surface area contributed by atoms with Crippen molar-refractivity contribution >= 4 is 5.69 Å². The zero-order valence-electron chi connectivity index (χ0n) is 11.0. The molecule has 17 heavy (non-hydrogen) atoms. The van der Waals surface area contributed by atoms with Crippen molar-refractivity contribution in [3.63, 3.8) is 0 Å². The van der Waals surface area contributed by atoms with Crippen molar-refractivity contribution in [3.8, 4) is 5.75 Å². The summed E-state index contributed by atoms with van der Waals surface area (Å²) in [5.41, 5.74) is 1.12. The molecule has 1 aromatic carbocycles. The third-order valence-corrected chi connectivity index (χ3v) is 2.36. The lowest BCUT2D eigenvalue weighted by Crippen LogP contribution is -2.22. The molecule has 0 aliphatic heterocycles. The normalized spacial score (nSPS) is 10.2. The van der Waals surface area contributed by atoms with Gasteiger partial charge in [-0.3, -0.25) is 0 Å². The second-order valence-electron chi connectivity index (χ2n) is 4.05. The highest BCUT2D eigenvalue weighted by Crippen LogP contribution is 2.17. The maximum absolute atomic E-state index is 5.59. The van der Waals surface area contributed by atoms with E-state index in [1.165, 1.54) is 6.42 Å². The minimum absolute atomic E-state index is 0.779. The minimum Gasteiger partial charge on any atom is -0.494 e. The van der Waals surface area contributed by atoms with E-state index in [-0.39, 0.29) is 0 Å². The fourth-order valence-electron chi connectivity index (χ4n) is 1.51. The lowest BCUT2D eigenvalue weighted by molar-refractivity contribution is 0.317. The Morgan fingerprint density at radius 3 is 2.71 bits per heavy atom. The Hall–Kier alpha value is -1.22. The average Bonchev–Trinajstić information content (AvgIpc) is 2.37.